The van der Waals surface area contributed by atoms with Crippen LogP contribution in [0.1, 0.15) is 42.2 Å². The number of ether oxygens (including phenoxy) is 1. The van der Waals surface area contributed by atoms with Crippen LogP contribution in [-0.4, -0.2) is 119 Å². The molecule has 6 rings (SSSR count). The predicted octanol–water partition coefficient (Wildman–Crippen LogP) is 0.306. The third kappa shape index (κ3) is 7.41. The number of nitrogens with two attached hydrogens (primary N) is 1. The van der Waals surface area contributed by atoms with Gasteiger partial charge in [0.15, 0.2) is 5.82 Å². The Morgan fingerprint density at radius 1 is 1.07 bits per heavy atom. The number of anilines is 1. The van der Waals surface area contributed by atoms with Gasteiger partial charge in [-0.2, -0.15) is 4.98 Å². The number of aliphatic carboxylic acids is 1. The van der Waals surface area contributed by atoms with Crippen molar-refractivity contribution >= 4 is 58.9 Å². The van der Waals surface area contributed by atoms with Crippen LogP contribution in [0.2, 0.25) is 0 Å². The largest absolute Gasteiger partial charge is 0.493 e. The van der Waals surface area contributed by atoms with Crippen molar-refractivity contribution in [2.45, 2.75) is 49.9 Å². The highest BCUT2D eigenvalue weighted by Gasteiger charge is 2.59. The van der Waals surface area contributed by atoms with Gasteiger partial charge in [-0.3, -0.25) is 38.6 Å². The van der Waals surface area contributed by atoms with Gasteiger partial charge in [0, 0.05) is 36.9 Å². The number of β-lactam (4-membered cyclic amide) rings is 1. The van der Waals surface area contributed by atoms with Gasteiger partial charge in [-0.15, -0.1) is 11.8 Å². The van der Waals surface area contributed by atoms with Crippen LogP contribution in [0.5, 0.6) is 5.88 Å². The Morgan fingerprint density at radius 2 is 1.76 bits per heavy atom. The van der Waals surface area contributed by atoms with E-state index in [1.165, 1.54) is 31.2 Å². The van der Waals surface area contributed by atoms with Crippen LogP contribution >= 0.6 is 11.8 Å². The highest BCUT2D eigenvalue weighted by molar-refractivity contribution is 8.00. The summed E-state index contributed by atoms with van der Waals surface area (Å²) in [5, 5.41) is 33.1. The second-order valence-corrected chi connectivity index (χ2v) is 13.9. The van der Waals surface area contributed by atoms with Gasteiger partial charge in [-0.05, 0) is 42.8 Å². The van der Waals surface area contributed by atoms with Crippen molar-refractivity contribution in [2.75, 3.05) is 23.8 Å². The van der Waals surface area contributed by atoms with E-state index in [2.05, 4.69) is 15.3 Å². The minimum absolute atomic E-state index is 0.0135. The number of nitrogens with zero attached hydrogens (tertiary/aromatic N) is 5. The van der Waals surface area contributed by atoms with E-state index in [0.29, 0.717) is 29.0 Å². The first-order chi connectivity index (χ1) is 26.2. The fourth-order valence-corrected chi connectivity index (χ4v) is 7.85. The molecular weight excluding hydrogens is 739 g/mol. The van der Waals surface area contributed by atoms with Crippen LogP contribution in [0.4, 0.5) is 5.69 Å². The van der Waals surface area contributed by atoms with Crippen molar-refractivity contribution in [3.8, 4) is 17.3 Å². The summed E-state index contributed by atoms with van der Waals surface area (Å²) in [5.41, 5.74) is 6.25. The van der Waals surface area contributed by atoms with Crippen LogP contribution < -0.4 is 16.0 Å². The predicted molar refractivity (Wildman–Crippen MR) is 192 cm³/mol. The van der Waals surface area contributed by atoms with Crippen molar-refractivity contribution in [2.24, 2.45) is 5.73 Å². The lowest BCUT2D eigenvalue weighted by Gasteiger charge is -2.52. The lowest BCUT2D eigenvalue weighted by atomic mass is 9.98. The Morgan fingerprint density at radius 3 is 2.35 bits per heavy atom. The number of rotatable bonds is 10. The molecule has 55 heavy (non-hydrogen) atoms. The van der Waals surface area contributed by atoms with Gasteiger partial charge >= 0.3 is 11.9 Å². The number of aromatic hydroxyl groups is 1. The SMILES string of the molecule is CC(=O)OCC1=C(C(=O)O)N2C(=O)C(N(C(=O)c3cnc(-c4ccc(N(C(C)=O)C(=O)[C@H]5NCCC5O)cc4)nc3O)C(=O)C(N)c3ccccc3)[C@@H]2SC1. The number of fused-ring (bicyclic) bond motifs is 1. The first kappa shape index (κ1) is 38.7. The standard InChI is InChI=1S/C36H35N7O11S/c1-17(44)41(33(50)26-24(46)12-13-38-26)22-10-8-20(9-11-22)29-39-14-23(30(47)40-29)31(48)42(32(49)25(37)19-6-4-3-5-7-19)28-34(51)43-27(36(52)53)21(15-54-18(2)45)16-55-35(28)43/h3-11,14,24-26,28,35,38,46H,12-13,15-16,37H2,1-2H3,(H,52,53)(H,39,40,47)/t24?,25?,26-,28?,35-/m0/s1. The zero-order chi connectivity index (χ0) is 39.7. The maximum Gasteiger partial charge on any atom is 0.352 e. The molecule has 0 aliphatic carbocycles. The molecule has 5 amide bonds. The van der Waals surface area contributed by atoms with Crippen LogP contribution in [0.25, 0.3) is 11.4 Å². The number of esters is 1. The summed E-state index contributed by atoms with van der Waals surface area (Å²) in [5.74, 6) is -7.45. The summed E-state index contributed by atoms with van der Waals surface area (Å²) in [6.45, 7) is 2.37. The molecule has 286 valence electrons. The molecule has 2 saturated heterocycles. The second kappa shape index (κ2) is 15.8. The zero-order valence-electron chi connectivity index (χ0n) is 29.3. The number of hydrogen-bond donors (Lipinski definition) is 5. The Hall–Kier alpha value is -6.02. The van der Waals surface area contributed by atoms with Crippen LogP contribution in [0.3, 0.4) is 0 Å². The summed E-state index contributed by atoms with van der Waals surface area (Å²) in [4.78, 5) is 102. The molecule has 19 heteroatoms. The molecule has 1 aromatic heterocycles. The molecule has 6 N–H and O–H groups in total. The normalized spacial score (nSPS) is 20.9. The molecule has 2 aromatic carbocycles. The molecule has 3 aliphatic heterocycles. The Labute approximate surface area is 316 Å². The molecule has 3 aliphatic rings. The number of carboxylic acids is 1. The third-order valence-electron chi connectivity index (χ3n) is 9.20. The summed E-state index contributed by atoms with van der Waals surface area (Å²) in [6, 6.07) is 9.86. The van der Waals surface area contributed by atoms with Crippen LogP contribution in [-0.2, 0) is 33.5 Å². The molecule has 18 nitrogen and oxygen atoms in total. The van der Waals surface area contributed by atoms with Gasteiger partial charge < -0.3 is 31.1 Å². The van der Waals surface area contributed by atoms with Crippen molar-refractivity contribution in [3.05, 3.63) is 83.2 Å². The van der Waals surface area contributed by atoms with Crippen molar-refractivity contribution in [1.82, 2.24) is 25.1 Å². The van der Waals surface area contributed by atoms with E-state index in [-0.39, 0.29) is 29.4 Å². The van der Waals surface area contributed by atoms with Gasteiger partial charge in [0.25, 0.3) is 23.6 Å². The van der Waals surface area contributed by atoms with Gasteiger partial charge in [0.05, 0.1) is 11.8 Å². The van der Waals surface area contributed by atoms with E-state index >= 15 is 0 Å². The third-order valence-corrected chi connectivity index (χ3v) is 10.5. The second-order valence-electron chi connectivity index (χ2n) is 12.8. The van der Waals surface area contributed by atoms with Gasteiger partial charge in [0.2, 0.25) is 11.8 Å². The minimum atomic E-state index is -1.55. The summed E-state index contributed by atoms with van der Waals surface area (Å²) in [7, 11) is 0. The van der Waals surface area contributed by atoms with Gasteiger partial charge in [-0.25, -0.2) is 14.7 Å². The molecule has 5 atom stereocenters. The number of carbonyl (C=O) groups excluding carboxylic acids is 6. The highest BCUT2D eigenvalue weighted by atomic mass is 32.2. The quantitative estimate of drug-likeness (QED) is 0.137. The van der Waals surface area contributed by atoms with Crippen LogP contribution in [0, 0.1) is 0 Å². The number of benzene rings is 2. The van der Waals surface area contributed by atoms with Crippen molar-refractivity contribution < 1.29 is 53.6 Å². The van der Waals surface area contributed by atoms with Gasteiger partial charge in [0.1, 0.15) is 41.4 Å². The Kier molecular flexibility index (Phi) is 11.1. The lowest BCUT2D eigenvalue weighted by molar-refractivity contribution is -0.157. The topological polar surface area (TPSA) is 263 Å². The maximum absolute atomic E-state index is 14.2. The first-order valence-electron chi connectivity index (χ1n) is 16.8. The number of aliphatic hydroxyl groups is 1. The molecule has 4 heterocycles. The van der Waals surface area contributed by atoms with E-state index in [0.717, 1.165) is 34.7 Å². The zero-order valence-corrected chi connectivity index (χ0v) is 30.1. The number of hydrogen-bond acceptors (Lipinski definition) is 15. The van der Waals surface area contributed by atoms with E-state index < -0.39 is 88.2 Å². The molecule has 0 saturated carbocycles. The van der Waals surface area contributed by atoms with E-state index in [1.54, 1.807) is 30.3 Å². The number of amides is 5. The number of imide groups is 2. The molecule has 0 spiro atoms. The molecular formula is C36H35N7O11S. The maximum atomic E-state index is 14.2. The van der Waals surface area contributed by atoms with Crippen LogP contribution in [0.15, 0.2) is 72.1 Å². The number of aliphatic hydroxyl groups excluding tert-OH is 1. The average molecular weight is 774 g/mol. The molecule has 0 radical (unpaired) electrons. The molecule has 2 fully saturated rings. The number of nitrogens with one attached hydrogen (secondary N) is 1. The number of aromatic nitrogens is 2. The fraction of sp³-hybridized carbons (Fsp3) is 0.306. The minimum Gasteiger partial charge on any atom is -0.493 e. The lowest BCUT2D eigenvalue weighted by Crippen LogP contribution is -2.72. The van der Waals surface area contributed by atoms with Crippen molar-refractivity contribution in [3.63, 3.8) is 0 Å². The van der Waals surface area contributed by atoms with Gasteiger partial charge in [-0.1, -0.05) is 30.3 Å². The smallest absolute Gasteiger partial charge is 0.352 e. The van der Waals surface area contributed by atoms with E-state index in [4.69, 9.17) is 10.5 Å². The molecule has 3 aromatic rings. The van der Waals surface area contributed by atoms with E-state index in [9.17, 15) is 48.9 Å². The monoisotopic (exact) mass is 773 g/mol. The first-order valence-corrected chi connectivity index (χ1v) is 17.9. The number of carbonyl (C=O) groups is 7. The fourth-order valence-electron chi connectivity index (χ4n) is 6.48. The Balaban J connectivity index is 1.30. The summed E-state index contributed by atoms with van der Waals surface area (Å²) >= 11 is 1.04. The van der Waals surface area contributed by atoms with Crippen molar-refractivity contribution in [1.29, 1.82) is 0 Å². The summed E-state index contributed by atoms with van der Waals surface area (Å²) in [6.07, 6.45) is 0.347. The number of carboxylic acid groups (broad SMARTS) is 1. The Bertz CT molecular complexity index is 2110. The molecule has 0 bridgehead atoms. The average Bonchev–Trinajstić information content (AvgIpc) is 3.60. The highest BCUT2D eigenvalue weighted by Crippen LogP contribution is 2.43. The summed E-state index contributed by atoms with van der Waals surface area (Å²) < 4.78 is 4.98. The number of thioether (sulfide) groups is 1. The molecule has 3 unspecified atom stereocenters. The van der Waals surface area contributed by atoms with E-state index in [1.807, 2.05) is 0 Å².